The topological polar surface area (TPSA) is 72.0 Å². The first kappa shape index (κ1) is 17.5. The van der Waals surface area contributed by atoms with Crippen LogP contribution < -0.4 is 5.56 Å². The monoisotopic (exact) mass is 376 g/mol. The molecule has 128 valence electrons. The van der Waals surface area contributed by atoms with Crippen LogP contribution in [0.5, 0.6) is 0 Å². The lowest BCUT2D eigenvalue weighted by Gasteiger charge is -2.07. The maximum absolute atomic E-state index is 12.0. The van der Waals surface area contributed by atoms with Crippen LogP contribution in [0.2, 0.25) is 10.0 Å². The molecule has 3 rings (SSSR count). The van der Waals surface area contributed by atoms with E-state index in [4.69, 9.17) is 27.9 Å². The van der Waals surface area contributed by atoms with E-state index >= 15 is 0 Å². The molecule has 1 N–H and O–H groups in total. The van der Waals surface area contributed by atoms with Gasteiger partial charge in [0.15, 0.2) is 0 Å². The molecule has 7 heteroatoms. The van der Waals surface area contributed by atoms with Crippen LogP contribution in [0.15, 0.2) is 47.3 Å². The molecule has 0 radical (unpaired) electrons. The fourth-order valence-electron chi connectivity index (χ4n) is 2.33. The number of hydrogen-bond acceptors (Lipinski definition) is 4. The molecule has 0 fully saturated rings. The maximum atomic E-state index is 12.0. The number of aromatic nitrogens is 2. The summed E-state index contributed by atoms with van der Waals surface area (Å²) >= 11 is 11.9. The number of aryl methyl sites for hydroxylation is 1. The number of nitrogens with one attached hydrogen (secondary N) is 1. The van der Waals surface area contributed by atoms with Crippen molar-refractivity contribution in [1.29, 1.82) is 0 Å². The van der Waals surface area contributed by atoms with Crippen molar-refractivity contribution in [3.8, 4) is 0 Å². The minimum atomic E-state index is -0.430. The summed E-state index contributed by atoms with van der Waals surface area (Å²) in [5.41, 5.74) is 2.02. The molecule has 0 saturated heterocycles. The molecule has 0 amide bonds. The molecule has 0 aliphatic rings. The SMILES string of the molecule is O=C(CCc1nc2ccccc2[nH]c1=O)OCc1ccc(Cl)cc1Cl. The first-order chi connectivity index (χ1) is 12.0. The summed E-state index contributed by atoms with van der Waals surface area (Å²) in [4.78, 5) is 31.0. The molecular weight excluding hydrogens is 363 g/mol. The van der Waals surface area contributed by atoms with E-state index in [1.807, 2.05) is 12.1 Å². The van der Waals surface area contributed by atoms with E-state index < -0.39 is 5.97 Å². The Labute approximate surface area is 153 Å². The van der Waals surface area contributed by atoms with Gasteiger partial charge in [0, 0.05) is 22.0 Å². The van der Waals surface area contributed by atoms with Crippen molar-refractivity contribution in [3.05, 3.63) is 74.1 Å². The molecule has 0 atom stereocenters. The third-order valence-corrected chi connectivity index (χ3v) is 4.23. The lowest BCUT2D eigenvalue weighted by molar-refractivity contribution is -0.144. The lowest BCUT2D eigenvalue weighted by Crippen LogP contribution is -2.17. The number of carbonyl (C=O) groups excluding carboxylic acids is 1. The van der Waals surface area contributed by atoms with Crippen LogP contribution in [-0.2, 0) is 22.6 Å². The van der Waals surface area contributed by atoms with Crippen LogP contribution in [0.1, 0.15) is 17.7 Å². The number of fused-ring (bicyclic) bond motifs is 1. The Kier molecular flexibility index (Phi) is 5.36. The van der Waals surface area contributed by atoms with Crippen molar-refractivity contribution >= 4 is 40.2 Å². The van der Waals surface area contributed by atoms with Crippen LogP contribution in [0.3, 0.4) is 0 Å². The van der Waals surface area contributed by atoms with E-state index in [0.717, 1.165) is 0 Å². The van der Waals surface area contributed by atoms with Crippen molar-refractivity contribution in [2.45, 2.75) is 19.4 Å². The number of benzene rings is 2. The first-order valence-corrected chi connectivity index (χ1v) is 8.36. The highest BCUT2D eigenvalue weighted by Crippen LogP contribution is 2.21. The van der Waals surface area contributed by atoms with E-state index in [1.165, 1.54) is 0 Å². The molecule has 25 heavy (non-hydrogen) atoms. The molecule has 1 aromatic heterocycles. The highest BCUT2D eigenvalue weighted by molar-refractivity contribution is 6.35. The van der Waals surface area contributed by atoms with Gasteiger partial charge in [-0.3, -0.25) is 9.59 Å². The largest absolute Gasteiger partial charge is 0.461 e. The van der Waals surface area contributed by atoms with E-state index in [-0.39, 0.29) is 25.0 Å². The Morgan fingerprint density at radius 1 is 1.16 bits per heavy atom. The molecule has 0 saturated carbocycles. The molecule has 0 bridgehead atoms. The second-order valence-electron chi connectivity index (χ2n) is 5.43. The van der Waals surface area contributed by atoms with Gasteiger partial charge in [0.05, 0.1) is 17.5 Å². The third kappa shape index (κ3) is 4.38. The number of ether oxygens (including phenoxy) is 1. The number of halogens is 2. The van der Waals surface area contributed by atoms with Gasteiger partial charge in [0.1, 0.15) is 12.3 Å². The number of nitrogens with zero attached hydrogens (tertiary/aromatic N) is 1. The second kappa shape index (κ2) is 7.68. The van der Waals surface area contributed by atoms with Crippen molar-refractivity contribution in [2.75, 3.05) is 0 Å². The molecule has 5 nitrogen and oxygen atoms in total. The number of esters is 1. The Hall–Kier alpha value is -2.37. The zero-order valence-electron chi connectivity index (χ0n) is 13.1. The van der Waals surface area contributed by atoms with Crippen LogP contribution in [0.25, 0.3) is 11.0 Å². The predicted octanol–water partition coefficient (Wildman–Crippen LogP) is 3.91. The van der Waals surface area contributed by atoms with E-state index in [2.05, 4.69) is 9.97 Å². The van der Waals surface area contributed by atoms with Crippen LogP contribution in [-0.4, -0.2) is 15.9 Å². The molecule has 1 heterocycles. The number of carbonyl (C=O) groups is 1. The summed E-state index contributed by atoms with van der Waals surface area (Å²) in [7, 11) is 0. The third-order valence-electron chi connectivity index (χ3n) is 3.64. The average Bonchev–Trinajstić information content (AvgIpc) is 2.59. The molecule has 0 spiro atoms. The highest BCUT2D eigenvalue weighted by atomic mass is 35.5. The molecule has 3 aromatic rings. The fraction of sp³-hybridized carbons (Fsp3) is 0.167. The number of rotatable bonds is 5. The van der Waals surface area contributed by atoms with Crippen LogP contribution >= 0.6 is 23.2 Å². The van der Waals surface area contributed by atoms with Gasteiger partial charge in [0.25, 0.3) is 5.56 Å². The zero-order chi connectivity index (χ0) is 17.8. The maximum Gasteiger partial charge on any atom is 0.306 e. The Morgan fingerprint density at radius 2 is 1.96 bits per heavy atom. The summed E-state index contributed by atoms with van der Waals surface area (Å²) in [6, 6.07) is 12.2. The van der Waals surface area contributed by atoms with Crippen molar-refractivity contribution in [3.63, 3.8) is 0 Å². The quantitative estimate of drug-likeness (QED) is 0.685. The minimum absolute atomic E-state index is 0.0519. The molecule has 0 aliphatic carbocycles. The molecule has 0 aliphatic heterocycles. The molecule has 2 aromatic carbocycles. The molecular formula is C18H14Cl2N2O3. The number of aromatic amines is 1. The standard InChI is InChI=1S/C18H14Cl2N2O3/c19-12-6-5-11(13(20)9-12)10-25-17(23)8-7-16-18(24)22-15-4-2-1-3-14(15)21-16/h1-6,9H,7-8,10H2,(H,22,24). The minimum Gasteiger partial charge on any atom is -0.461 e. The Bertz CT molecular complexity index is 985. The van der Waals surface area contributed by atoms with Gasteiger partial charge in [-0.2, -0.15) is 0 Å². The highest BCUT2D eigenvalue weighted by Gasteiger charge is 2.10. The van der Waals surface area contributed by atoms with E-state index in [1.54, 1.807) is 30.3 Å². The summed E-state index contributed by atoms with van der Waals surface area (Å²) < 4.78 is 5.19. The van der Waals surface area contributed by atoms with Gasteiger partial charge in [-0.25, -0.2) is 4.98 Å². The van der Waals surface area contributed by atoms with Crippen molar-refractivity contribution in [1.82, 2.24) is 9.97 Å². The van der Waals surface area contributed by atoms with E-state index in [9.17, 15) is 9.59 Å². The molecule has 0 unspecified atom stereocenters. The number of H-pyrrole nitrogens is 1. The number of hydrogen-bond donors (Lipinski definition) is 1. The van der Waals surface area contributed by atoms with Crippen LogP contribution in [0.4, 0.5) is 0 Å². The van der Waals surface area contributed by atoms with Crippen LogP contribution in [0, 0.1) is 0 Å². The predicted molar refractivity (Wildman–Crippen MR) is 96.9 cm³/mol. The summed E-state index contributed by atoms with van der Waals surface area (Å²) in [6.45, 7) is 0.0519. The van der Waals surface area contributed by atoms with Gasteiger partial charge >= 0.3 is 5.97 Å². The summed E-state index contributed by atoms with van der Waals surface area (Å²) in [5, 5.41) is 0.953. The summed E-state index contributed by atoms with van der Waals surface area (Å²) in [6.07, 6.45) is 0.257. The Balaban J connectivity index is 1.60. The normalized spacial score (nSPS) is 10.8. The second-order valence-corrected chi connectivity index (χ2v) is 6.27. The number of para-hydroxylation sites is 2. The van der Waals surface area contributed by atoms with Gasteiger partial charge in [-0.15, -0.1) is 0 Å². The fourth-order valence-corrected chi connectivity index (χ4v) is 2.79. The average molecular weight is 377 g/mol. The van der Waals surface area contributed by atoms with E-state index in [0.29, 0.717) is 32.3 Å². The Morgan fingerprint density at radius 3 is 2.76 bits per heavy atom. The van der Waals surface area contributed by atoms with Gasteiger partial charge < -0.3 is 9.72 Å². The van der Waals surface area contributed by atoms with Gasteiger partial charge in [0.2, 0.25) is 0 Å². The van der Waals surface area contributed by atoms with Gasteiger partial charge in [-0.1, -0.05) is 41.4 Å². The zero-order valence-corrected chi connectivity index (χ0v) is 14.6. The first-order valence-electron chi connectivity index (χ1n) is 7.60. The van der Waals surface area contributed by atoms with Crippen molar-refractivity contribution in [2.24, 2.45) is 0 Å². The lowest BCUT2D eigenvalue weighted by atomic mass is 10.2. The van der Waals surface area contributed by atoms with Gasteiger partial charge in [-0.05, 0) is 24.3 Å². The van der Waals surface area contributed by atoms with Crippen molar-refractivity contribution < 1.29 is 9.53 Å². The smallest absolute Gasteiger partial charge is 0.306 e. The summed E-state index contributed by atoms with van der Waals surface area (Å²) in [5.74, 6) is -0.430.